The van der Waals surface area contributed by atoms with Gasteiger partial charge in [-0.25, -0.2) is 9.13 Å². The van der Waals surface area contributed by atoms with Crippen molar-refractivity contribution in [3.05, 3.63) is 59.2 Å². The third-order valence-corrected chi connectivity index (χ3v) is 4.35. The van der Waals surface area contributed by atoms with Gasteiger partial charge in [-0.1, -0.05) is 0 Å². The van der Waals surface area contributed by atoms with Crippen molar-refractivity contribution in [3.8, 4) is 0 Å². The molecule has 2 rings (SSSR count). The molecule has 4 nitrogen and oxygen atoms in total. The summed E-state index contributed by atoms with van der Waals surface area (Å²) in [5.74, 6) is 0. The number of ether oxygens (including phenoxy) is 2. The fourth-order valence-corrected chi connectivity index (χ4v) is 2.41. The number of hydrogen-bond acceptors (Lipinski definition) is 2. The Bertz CT molecular complexity index is 599. The van der Waals surface area contributed by atoms with Crippen molar-refractivity contribution < 1.29 is 18.6 Å². The van der Waals surface area contributed by atoms with E-state index in [9.17, 15) is 0 Å². The number of rotatable bonds is 9. The molecule has 0 amide bonds. The SMILES string of the molecule is Cc1cc[n+](CCOCCOCC[n+]2ccc(C)c(C)c2)cc1C. The Morgan fingerprint density at radius 3 is 1.42 bits per heavy atom. The monoisotopic (exact) mass is 330 g/mol. The molecule has 0 aliphatic rings. The third kappa shape index (κ3) is 6.02. The highest BCUT2D eigenvalue weighted by Gasteiger charge is 2.04. The fourth-order valence-electron chi connectivity index (χ4n) is 2.41. The second kappa shape index (κ2) is 9.50. The summed E-state index contributed by atoms with van der Waals surface area (Å²) < 4.78 is 15.6. The zero-order valence-electron chi connectivity index (χ0n) is 15.4. The Labute approximate surface area is 145 Å². The van der Waals surface area contributed by atoms with E-state index in [4.69, 9.17) is 9.47 Å². The van der Waals surface area contributed by atoms with Crippen LogP contribution in [0.15, 0.2) is 36.9 Å². The standard InChI is InChI=1S/C20H30N2O2/c1-17-5-7-21(15-19(17)3)9-11-23-13-14-24-12-10-22-8-6-18(2)20(4)16-22/h5-8,15-16H,9-14H2,1-4H3/q+2. The molecule has 130 valence electrons. The molecule has 0 radical (unpaired) electrons. The first-order valence-corrected chi connectivity index (χ1v) is 8.64. The predicted octanol–water partition coefficient (Wildman–Crippen LogP) is 2.23. The summed E-state index contributed by atoms with van der Waals surface area (Å²) in [4.78, 5) is 0. The Balaban J connectivity index is 1.53. The third-order valence-electron chi connectivity index (χ3n) is 4.35. The van der Waals surface area contributed by atoms with Gasteiger partial charge in [0.05, 0.1) is 13.2 Å². The zero-order chi connectivity index (χ0) is 17.4. The van der Waals surface area contributed by atoms with Crippen LogP contribution in [0, 0.1) is 27.7 Å². The highest BCUT2D eigenvalue weighted by molar-refractivity contribution is 5.17. The van der Waals surface area contributed by atoms with Gasteiger partial charge >= 0.3 is 0 Å². The van der Waals surface area contributed by atoms with Crippen LogP contribution in [0.4, 0.5) is 0 Å². The van der Waals surface area contributed by atoms with E-state index in [1.807, 2.05) is 0 Å². The molecule has 24 heavy (non-hydrogen) atoms. The number of aromatic nitrogens is 2. The van der Waals surface area contributed by atoms with Gasteiger partial charge in [0.1, 0.15) is 13.2 Å². The molecule has 0 atom stereocenters. The number of aryl methyl sites for hydroxylation is 4. The first kappa shape index (κ1) is 18.6. The van der Waals surface area contributed by atoms with Crippen LogP contribution in [0.25, 0.3) is 0 Å². The molecule has 4 heteroatoms. The summed E-state index contributed by atoms with van der Waals surface area (Å²) in [7, 11) is 0. The first-order chi connectivity index (χ1) is 11.6. The van der Waals surface area contributed by atoms with E-state index in [0.717, 1.165) is 13.1 Å². The van der Waals surface area contributed by atoms with Crippen LogP contribution < -0.4 is 9.13 Å². The average Bonchev–Trinajstić information content (AvgIpc) is 2.56. The van der Waals surface area contributed by atoms with Gasteiger partial charge < -0.3 is 9.47 Å². The van der Waals surface area contributed by atoms with E-state index < -0.39 is 0 Å². The quantitative estimate of drug-likeness (QED) is 0.521. The summed E-state index contributed by atoms with van der Waals surface area (Å²) in [6, 6.07) is 4.28. The summed E-state index contributed by atoms with van der Waals surface area (Å²) >= 11 is 0. The van der Waals surface area contributed by atoms with Gasteiger partial charge in [0, 0.05) is 23.3 Å². The Morgan fingerprint density at radius 2 is 1.04 bits per heavy atom. The predicted molar refractivity (Wildman–Crippen MR) is 93.9 cm³/mol. The average molecular weight is 330 g/mol. The van der Waals surface area contributed by atoms with Gasteiger partial charge in [-0.15, -0.1) is 0 Å². The molecule has 0 fully saturated rings. The van der Waals surface area contributed by atoms with Crippen molar-refractivity contribution in [3.63, 3.8) is 0 Å². The van der Waals surface area contributed by atoms with Crippen molar-refractivity contribution >= 4 is 0 Å². The Morgan fingerprint density at radius 1 is 0.625 bits per heavy atom. The van der Waals surface area contributed by atoms with Gasteiger partial charge in [-0.2, -0.15) is 0 Å². The molecule has 0 saturated carbocycles. The molecule has 2 aromatic heterocycles. The van der Waals surface area contributed by atoms with Crippen LogP contribution >= 0.6 is 0 Å². The lowest BCUT2D eigenvalue weighted by atomic mass is 10.2. The molecular weight excluding hydrogens is 300 g/mol. The van der Waals surface area contributed by atoms with E-state index in [1.165, 1.54) is 22.3 Å². The molecule has 0 unspecified atom stereocenters. The highest BCUT2D eigenvalue weighted by Crippen LogP contribution is 2.01. The minimum atomic E-state index is 0.642. The maximum absolute atomic E-state index is 5.64. The molecule has 0 N–H and O–H groups in total. The second-order valence-corrected chi connectivity index (χ2v) is 6.32. The Hall–Kier alpha value is -1.78. The van der Waals surface area contributed by atoms with Crippen molar-refractivity contribution in [2.24, 2.45) is 0 Å². The lowest BCUT2D eigenvalue weighted by Gasteiger charge is -2.05. The molecule has 2 heterocycles. The Kier molecular flexibility index (Phi) is 7.35. The largest absolute Gasteiger partial charge is 0.372 e. The van der Waals surface area contributed by atoms with Gasteiger partial charge in [0.25, 0.3) is 0 Å². The number of hydrogen-bond donors (Lipinski definition) is 0. The molecule has 0 spiro atoms. The second-order valence-electron chi connectivity index (χ2n) is 6.32. The van der Waals surface area contributed by atoms with E-state index in [2.05, 4.69) is 73.7 Å². The molecule has 2 aromatic rings. The molecule has 0 saturated heterocycles. The van der Waals surface area contributed by atoms with Crippen molar-refractivity contribution in [2.75, 3.05) is 26.4 Å². The van der Waals surface area contributed by atoms with Crippen LogP contribution in [0.5, 0.6) is 0 Å². The van der Waals surface area contributed by atoms with E-state index in [0.29, 0.717) is 26.4 Å². The maximum atomic E-state index is 5.64. The van der Waals surface area contributed by atoms with E-state index >= 15 is 0 Å². The first-order valence-electron chi connectivity index (χ1n) is 8.64. The number of pyridine rings is 2. The molecular formula is C20H30N2O2+2. The summed E-state index contributed by atoms with van der Waals surface area (Å²) in [5.41, 5.74) is 5.26. The maximum Gasteiger partial charge on any atom is 0.172 e. The smallest absolute Gasteiger partial charge is 0.172 e. The van der Waals surface area contributed by atoms with Crippen LogP contribution in [0.1, 0.15) is 22.3 Å². The lowest BCUT2D eigenvalue weighted by molar-refractivity contribution is -0.699. The number of nitrogens with zero attached hydrogens (tertiary/aromatic N) is 2. The minimum Gasteiger partial charge on any atom is -0.372 e. The normalized spacial score (nSPS) is 11.0. The minimum absolute atomic E-state index is 0.642. The fraction of sp³-hybridized carbons (Fsp3) is 0.500. The van der Waals surface area contributed by atoms with Crippen LogP contribution in [-0.4, -0.2) is 26.4 Å². The summed E-state index contributed by atoms with van der Waals surface area (Å²) in [5, 5.41) is 0. The van der Waals surface area contributed by atoms with Crippen LogP contribution in [0.3, 0.4) is 0 Å². The van der Waals surface area contributed by atoms with Crippen molar-refractivity contribution in [1.29, 1.82) is 0 Å². The topological polar surface area (TPSA) is 26.2 Å². The van der Waals surface area contributed by atoms with Gasteiger partial charge in [-0.05, 0) is 38.8 Å². The molecule has 0 aliphatic heterocycles. The molecule has 0 aliphatic carbocycles. The molecule has 0 bridgehead atoms. The zero-order valence-corrected chi connectivity index (χ0v) is 15.4. The lowest BCUT2D eigenvalue weighted by Crippen LogP contribution is -2.36. The van der Waals surface area contributed by atoms with Crippen molar-refractivity contribution in [2.45, 2.75) is 40.8 Å². The van der Waals surface area contributed by atoms with Gasteiger partial charge in [0.15, 0.2) is 37.9 Å². The highest BCUT2D eigenvalue weighted by atomic mass is 16.5. The van der Waals surface area contributed by atoms with Gasteiger partial charge in [-0.3, -0.25) is 0 Å². The molecule has 0 aromatic carbocycles. The van der Waals surface area contributed by atoms with Gasteiger partial charge in [0.2, 0.25) is 0 Å². The van der Waals surface area contributed by atoms with Crippen molar-refractivity contribution in [1.82, 2.24) is 0 Å². The van der Waals surface area contributed by atoms with Crippen LogP contribution in [-0.2, 0) is 22.6 Å². The van der Waals surface area contributed by atoms with E-state index in [1.54, 1.807) is 0 Å². The van der Waals surface area contributed by atoms with Crippen LogP contribution in [0.2, 0.25) is 0 Å². The summed E-state index contributed by atoms with van der Waals surface area (Å²) in [6.45, 7) is 13.0. The van der Waals surface area contributed by atoms with E-state index in [-0.39, 0.29) is 0 Å². The summed E-state index contributed by atoms with van der Waals surface area (Å²) in [6.07, 6.45) is 8.53.